The lowest BCUT2D eigenvalue weighted by atomic mass is 9.94. The SMILES string of the molecule is Cl.NCc1ccc(CCC(=O)N2CCC(C(=O)N3CCCCC3)CC2)cc1. The minimum atomic E-state index is 0. The van der Waals surface area contributed by atoms with Gasteiger partial charge in [0.2, 0.25) is 11.8 Å². The lowest BCUT2D eigenvalue weighted by molar-refractivity contribution is -0.141. The van der Waals surface area contributed by atoms with Crippen LogP contribution in [-0.2, 0) is 22.6 Å². The number of halogens is 1. The van der Waals surface area contributed by atoms with Gasteiger partial charge in [-0.25, -0.2) is 0 Å². The quantitative estimate of drug-likeness (QED) is 0.836. The molecule has 2 aliphatic heterocycles. The van der Waals surface area contributed by atoms with Gasteiger partial charge in [0.05, 0.1) is 0 Å². The Balaban J connectivity index is 0.00000261. The van der Waals surface area contributed by atoms with Gasteiger partial charge in [-0.05, 0) is 49.7 Å². The molecule has 0 atom stereocenters. The Morgan fingerprint density at radius 1 is 0.889 bits per heavy atom. The van der Waals surface area contributed by atoms with Crippen LogP contribution < -0.4 is 5.73 Å². The van der Waals surface area contributed by atoms with Crippen LogP contribution >= 0.6 is 12.4 Å². The second-order valence-electron chi connectivity index (χ2n) is 7.56. The number of benzene rings is 1. The summed E-state index contributed by atoms with van der Waals surface area (Å²) in [5.74, 6) is 0.634. The Hall–Kier alpha value is -1.59. The van der Waals surface area contributed by atoms with E-state index in [9.17, 15) is 9.59 Å². The third-order valence-electron chi connectivity index (χ3n) is 5.75. The van der Waals surface area contributed by atoms with Crippen molar-refractivity contribution < 1.29 is 9.59 Å². The largest absolute Gasteiger partial charge is 0.343 e. The molecular weight excluding hydrogens is 362 g/mol. The first kappa shape index (κ1) is 21.7. The number of nitrogens with zero attached hydrogens (tertiary/aromatic N) is 2. The first-order valence-electron chi connectivity index (χ1n) is 10.0. The second kappa shape index (κ2) is 10.7. The first-order chi connectivity index (χ1) is 12.7. The summed E-state index contributed by atoms with van der Waals surface area (Å²) in [7, 11) is 0. The summed E-state index contributed by atoms with van der Waals surface area (Å²) in [4.78, 5) is 29.1. The van der Waals surface area contributed by atoms with Crippen molar-refractivity contribution in [1.29, 1.82) is 0 Å². The van der Waals surface area contributed by atoms with E-state index in [-0.39, 0.29) is 24.2 Å². The predicted octanol–water partition coefficient (Wildman–Crippen LogP) is 2.75. The molecule has 2 N–H and O–H groups in total. The Bertz CT molecular complexity index is 606. The zero-order valence-electron chi connectivity index (χ0n) is 16.1. The molecule has 2 fully saturated rings. The third-order valence-corrected chi connectivity index (χ3v) is 5.75. The van der Waals surface area contributed by atoms with E-state index in [0.717, 1.165) is 63.8 Å². The maximum absolute atomic E-state index is 12.6. The van der Waals surface area contributed by atoms with E-state index in [0.29, 0.717) is 18.9 Å². The highest BCUT2D eigenvalue weighted by Crippen LogP contribution is 2.22. The molecule has 1 aromatic carbocycles. The average molecular weight is 394 g/mol. The van der Waals surface area contributed by atoms with Gasteiger partial charge in [0.15, 0.2) is 0 Å². The lowest BCUT2D eigenvalue weighted by Crippen LogP contribution is -2.45. The topological polar surface area (TPSA) is 66.6 Å². The van der Waals surface area contributed by atoms with Crippen LogP contribution in [-0.4, -0.2) is 47.8 Å². The monoisotopic (exact) mass is 393 g/mol. The van der Waals surface area contributed by atoms with Crippen molar-refractivity contribution in [2.75, 3.05) is 26.2 Å². The smallest absolute Gasteiger partial charge is 0.225 e. The molecule has 0 spiro atoms. The van der Waals surface area contributed by atoms with Gasteiger partial charge in [-0.15, -0.1) is 12.4 Å². The molecule has 150 valence electrons. The molecule has 2 saturated heterocycles. The fourth-order valence-electron chi connectivity index (χ4n) is 4.00. The standard InChI is InChI=1S/C21H31N3O2.ClH/c22-16-18-6-4-17(5-7-18)8-9-20(25)23-14-10-19(11-15-23)21(26)24-12-2-1-3-13-24;/h4-7,19H,1-3,8-16,22H2;1H. The summed E-state index contributed by atoms with van der Waals surface area (Å²) in [5.41, 5.74) is 7.90. The van der Waals surface area contributed by atoms with Crippen LogP contribution in [0.2, 0.25) is 0 Å². The highest BCUT2D eigenvalue weighted by Gasteiger charge is 2.30. The fraction of sp³-hybridized carbons (Fsp3) is 0.619. The van der Waals surface area contributed by atoms with Crippen LogP contribution in [0.1, 0.15) is 49.7 Å². The summed E-state index contributed by atoms with van der Waals surface area (Å²) in [5, 5.41) is 0. The minimum Gasteiger partial charge on any atom is -0.343 e. The van der Waals surface area contributed by atoms with E-state index < -0.39 is 0 Å². The molecule has 2 aliphatic rings. The predicted molar refractivity (Wildman–Crippen MR) is 110 cm³/mol. The van der Waals surface area contributed by atoms with E-state index in [1.54, 1.807) is 0 Å². The van der Waals surface area contributed by atoms with Gasteiger partial charge in [0.1, 0.15) is 0 Å². The fourth-order valence-corrected chi connectivity index (χ4v) is 4.00. The third kappa shape index (κ3) is 5.94. The van der Waals surface area contributed by atoms with Crippen LogP contribution in [0, 0.1) is 5.92 Å². The molecule has 0 saturated carbocycles. The van der Waals surface area contributed by atoms with E-state index in [1.807, 2.05) is 21.9 Å². The highest BCUT2D eigenvalue weighted by atomic mass is 35.5. The normalized spacial score (nSPS) is 18.1. The number of hydrogen-bond donors (Lipinski definition) is 1. The number of aryl methyl sites for hydroxylation is 1. The summed E-state index contributed by atoms with van der Waals surface area (Å²) in [6.07, 6.45) is 6.43. The Morgan fingerprint density at radius 3 is 2.07 bits per heavy atom. The number of carbonyl (C=O) groups excluding carboxylic acids is 2. The number of carbonyl (C=O) groups is 2. The molecule has 1 aromatic rings. The molecule has 6 heteroatoms. The van der Waals surface area contributed by atoms with Crippen molar-refractivity contribution in [3.8, 4) is 0 Å². The molecule has 5 nitrogen and oxygen atoms in total. The van der Waals surface area contributed by atoms with Crippen molar-refractivity contribution in [2.24, 2.45) is 11.7 Å². The first-order valence-corrected chi connectivity index (χ1v) is 10.0. The maximum Gasteiger partial charge on any atom is 0.225 e. The molecule has 0 aliphatic carbocycles. The summed E-state index contributed by atoms with van der Waals surface area (Å²) in [6.45, 7) is 3.82. The van der Waals surface area contributed by atoms with Gasteiger partial charge in [0.25, 0.3) is 0 Å². The van der Waals surface area contributed by atoms with E-state index >= 15 is 0 Å². The second-order valence-corrected chi connectivity index (χ2v) is 7.56. The van der Waals surface area contributed by atoms with Gasteiger partial charge in [-0.2, -0.15) is 0 Å². The Kier molecular flexibility index (Phi) is 8.58. The minimum absolute atomic E-state index is 0. The van der Waals surface area contributed by atoms with Crippen molar-refractivity contribution in [2.45, 2.75) is 51.5 Å². The number of hydrogen-bond acceptors (Lipinski definition) is 3. The maximum atomic E-state index is 12.6. The molecule has 0 aromatic heterocycles. The zero-order valence-corrected chi connectivity index (χ0v) is 16.9. The Morgan fingerprint density at radius 2 is 1.48 bits per heavy atom. The van der Waals surface area contributed by atoms with Crippen LogP contribution in [0.25, 0.3) is 0 Å². The molecule has 27 heavy (non-hydrogen) atoms. The van der Waals surface area contributed by atoms with Crippen molar-refractivity contribution in [3.63, 3.8) is 0 Å². The average Bonchev–Trinajstić information content (AvgIpc) is 2.72. The van der Waals surface area contributed by atoms with Crippen molar-refractivity contribution in [3.05, 3.63) is 35.4 Å². The van der Waals surface area contributed by atoms with Crippen LogP contribution in [0.15, 0.2) is 24.3 Å². The van der Waals surface area contributed by atoms with Gasteiger partial charge in [-0.1, -0.05) is 24.3 Å². The molecule has 3 rings (SSSR count). The van der Waals surface area contributed by atoms with Crippen LogP contribution in [0.3, 0.4) is 0 Å². The summed E-state index contributed by atoms with van der Waals surface area (Å²) >= 11 is 0. The molecule has 2 heterocycles. The number of piperidine rings is 2. The number of amides is 2. The van der Waals surface area contributed by atoms with Gasteiger partial charge < -0.3 is 15.5 Å². The lowest BCUT2D eigenvalue weighted by Gasteiger charge is -2.35. The van der Waals surface area contributed by atoms with Crippen molar-refractivity contribution >= 4 is 24.2 Å². The summed E-state index contributed by atoms with van der Waals surface area (Å²) < 4.78 is 0. The molecule has 2 amide bonds. The van der Waals surface area contributed by atoms with E-state index in [1.165, 1.54) is 12.0 Å². The van der Waals surface area contributed by atoms with E-state index in [2.05, 4.69) is 12.1 Å². The van der Waals surface area contributed by atoms with Gasteiger partial charge in [-0.3, -0.25) is 9.59 Å². The highest BCUT2D eigenvalue weighted by molar-refractivity contribution is 5.85. The Labute approximate surface area is 168 Å². The van der Waals surface area contributed by atoms with Gasteiger partial charge >= 0.3 is 0 Å². The summed E-state index contributed by atoms with van der Waals surface area (Å²) in [6, 6.07) is 8.16. The zero-order chi connectivity index (χ0) is 18.4. The van der Waals surface area contributed by atoms with Crippen LogP contribution in [0.5, 0.6) is 0 Å². The number of rotatable bonds is 5. The van der Waals surface area contributed by atoms with E-state index in [4.69, 9.17) is 5.73 Å². The number of likely N-dealkylation sites (tertiary alicyclic amines) is 2. The molecular formula is C21H32ClN3O2. The number of nitrogens with two attached hydrogens (primary N) is 1. The molecule has 0 bridgehead atoms. The molecule has 0 unspecified atom stereocenters. The van der Waals surface area contributed by atoms with Crippen LogP contribution in [0.4, 0.5) is 0 Å². The molecule has 0 radical (unpaired) electrons. The van der Waals surface area contributed by atoms with Crippen molar-refractivity contribution in [1.82, 2.24) is 9.80 Å². The van der Waals surface area contributed by atoms with Gasteiger partial charge in [0, 0.05) is 45.1 Å².